The molecule has 2 amide bonds. The van der Waals surface area contributed by atoms with Crippen LogP contribution in [-0.4, -0.2) is 30.8 Å². The quantitative estimate of drug-likeness (QED) is 0.823. The number of amides is 2. The standard InChI is InChI=1S/C14H18N2O2/c1-10-7-5-6-8-12(10)9-13(15-11(2)17)14(18)16(3)4/h5-9H,1-4H3,(H,15,17)/b13-9+. The molecule has 0 aliphatic rings. The summed E-state index contributed by atoms with van der Waals surface area (Å²) < 4.78 is 0. The van der Waals surface area contributed by atoms with Crippen molar-refractivity contribution in [3.63, 3.8) is 0 Å². The van der Waals surface area contributed by atoms with Gasteiger partial charge in [-0.1, -0.05) is 24.3 Å². The van der Waals surface area contributed by atoms with Crippen molar-refractivity contribution in [2.75, 3.05) is 14.1 Å². The molecule has 1 rings (SSSR count). The van der Waals surface area contributed by atoms with Crippen LogP contribution < -0.4 is 5.32 Å². The van der Waals surface area contributed by atoms with E-state index in [2.05, 4.69) is 5.32 Å². The summed E-state index contributed by atoms with van der Waals surface area (Å²) in [6, 6.07) is 7.68. The summed E-state index contributed by atoms with van der Waals surface area (Å²) >= 11 is 0. The Hall–Kier alpha value is -2.10. The fraction of sp³-hybridized carbons (Fsp3) is 0.286. The van der Waals surface area contributed by atoms with Gasteiger partial charge in [-0.25, -0.2) is 0 Å². The Kier molecular flexibility index (Phi) is 4.66. The van der Waals surface area contributed by atoms with E-state index in [0.717, 1.165) is 11.1 Å². The predicted molar refractivity (Wildman–Crippen MR) is 71.7 cm³/mol. The first kappa shape index (κ1) is 14.0. The van der Waals surface area contributed by atoms with Crippen molar-refractivity contribution in [3.8, 4) is 0 Å². The maximum absolute atomic E-state index is 11.9. The molecule has 0 heterocycles. The Morgan fingerprint density at radius 3 is 2.33 bits per heavy atom. The molecule has 0 bridgehead atoms. The molecule has 4 heteroatoms. The largest absolute Gasteiger partial charge is 0.344 e. The van der Waals surface area contributed by atoms with E-state index in [1.807, 2.05) is 31.2 Å². The molecule has 0 unspecified atom stereocenters. The van der Waals surface area contributed by atoms with Crippen LogP contribution >= 0.6 is 0 Å². The summed E-state index contributed by atoms with van der Waals surface area (Å²) in [4.78, 5) is 24.5. The smallest absolute Gasteiger partial charge is 0.269 e. The van der Waals surface area contributed by atoms with E-state index < -0.39 is 0 Å². The lowest BCUT2D eigenvalue weighted by molar-refractivity contribution is -0.127. The average molecular weight is 246 g/mol. The van der Waals surface area contributed by atoms with Crippen molar-refractivity contribution in [3.05, 3.63) is 41.1 Å². The van der Waals surface area contributed by atoms with Crippen molar-refractivity contribution >= 4 is 17.9 Å². The Balaban J connectivity index is 3.14. The second-order valence-electron chi connectivity index (χ2n) is 4.30. The summed E-state index contributed by atoms with van der Waals surface area (Å²) in [5.74, 6) is -0.488. The number of carbonyl (C=O) groups excluding carboxylic acids is 2. The minimum atomic E-state index is -0.259. The van der Waals surface area contributed by atoms with E-state index in [1.54, 1.807) is 20.2 Å². The van der Waals surface area contributed by atoms with Gasteiger partial charge in [-0.05, 0) is 24.1 Å². The molecule has 0 aliphatic carbocycles. The fourth-order valence-electron chi connectivity index (χ4n) is 1.49. The van der Waals surface area contributed by atoms with Crippen LogP contribution in [0.5, 0.6) is 0 Å². The van der Waals surface area contributed by atoms with E-state index in [-0.39, 0.29) is 17.5 Å². The highest BCUT2D eigenvalue weighted by Crippen LogP contribution is 2.11. The van der Waals surface area contributed by atoms with Crippen LogP contribution in [-0.2, 0) is 9.59 Å². The van der Waals surface area contributed by atoms with Crippen LogP contribution in [0.4, 0.5) is 0 Å². The summed E-state index contributed by atoms with van der Waals surface area (Å²) in [6.07, 6.45) is 1.69. The van der Waals surface area contributed by atoms with Crippen LogP contribution in [0, 0.1) is 6.92 Å². The van der Waals surface area contributed by atoms with Gasteiger partial charge in [0, 0.05) is 21.0 Å². The maximum Gasteiger partial charge on any atom is 0.269 e. The summed E-state index contributed by atoms with van der Waals surface area (Å²) in [5.41, 5.74) is 2.24. The topological polar surface area (TPSA) is 49.4 Å². The van der Waals surface area contributed by atoms with Gasteiger partial charge >= 0.3 is 0 Å². The first-order valence-electron chi connectivity index (χ1n) is 5.68. The van der Waals surface area contributed by atoms with Crippen molar-refractivity contribution in [1.29, 1.82) is 0 Å². The Morgan fingerprint density at radius 1 is 1.22 bits per heavy atom. The van der Waals surface area contributed by atoms with Gasteiger partial charge in [0.2, 0.25) is 5.91 Å². The maximum atomic E-state index is 11.9. The van der Waals surface area contributed by atoms with Crippen molar-refractivity contribution in [1.82, 2.24) is 10.2 Å². The molecule has 0 spiro atoms. The lowest BCUT2D eigenvalue weighted by Gasteiger charge is -2.14. The second kappa shape index (κ2) is 6.00. The molecule has 18 heavy (non-hydrogen) atoms. The lowest BCUT2D eigenvalue weighted by atomic mass is 10.1. The molecule has 1 aromatic rings. The average Bonchev–Trinajstić information content (AvgIpc) is 2.29. The molecule has 1 aromatic carbocycles. The van der Waals surface area contributed by atoms with Crippen molar-refractivity contribution in [2.45, 2.75) is 13.8 Å². The molecular weight excluding hydrogens is 228 g/mol. The molecule has 0 aliphatic heterocycles. The minimum Gasteiger partial charge on any atom is -0.344 e. The summed E-state index contributed by atoms with van der Waals surface area (Å²) in [5, 5.41) is 2.57. The van der Waals surface area contributed by atoms with Gasteiger partial charge < -0.3 is 10.2 Å². The van der Waals surface area contributed by atoms with Gasteiger partial charge in [0.1, 0.15) is 5.70 Å². The van der Waals surface area contributed by atoms with Crippen LogP contribution in [0.1, 0.15) is 18.1 Å². The van der Waals surface area contributed by atoms with E-state index in [1.165, 1.54) is 11.8 Å². The fourth-order valence-corrected chi connectivity index (χ4v) is 1.49. The van der Waals surface area contributed by atoms with E-state index >= 15 is 0 Å². The lowest BCUT2D eigenvalue weighted by Crippen LogP contribution is -2.33. The zero-order chi connectivity index (χ0) is 13.7. The zero-order valence-electron chi connectivity index (χ0n) is 11.2. The number of aryl methyl sites for hydroxylation is 1. The van der Waals surface area contributed by atoms with E-state index in [0.29, 0.717) is 0 Å². The minimum absolute atomic E-state index is 0.228. The number of benzene rings is 1. The highest BCUT2D eigenvalue weighted by Gasteiger charge is 2.13. The second-order valence-corrected chi connectivity index (χ2v) is 4.30. The van der Waals surface area contributed by atoms with Gasteiger partial charge in [0.25, 0.3) is 5.91 Å². The number of hydrogen-bond donors (Lipinski definition) is 1. The summed E-state index contributed by atoms with van der Waals surface area (Å²) in [6.45, 7) is 3.34. The van der Waals surface area contributed by atoms with Crippen LogP contribution in [0.15, 0.2) is 30.0 Å². The third kappa shape index (κ3) is 3.73. The third-order valence-corrected chi connectivity index (χ3v) is 2.44. The number of likely N-dealkylation sites (N-methyl/N-ethyl adjacent to an activating group) is 1. The van der Waals surface area contributed by atoms with E-state index in [4.69, 9.17) is 0 Å². The van der Waals surface area contributed by atoms with Crippen LogP contribution in [0.3, 0.4) is 0 Å². The number of nitrogens with zero attached hydrogens (tertiary/aromatic N) is 1. The monoisotopic (exact) mass is 246 g/mol. The van der Waals surface area contributed by atoms with Crippen molar-refractivity contribution in [2.24, 2.45) is 0 Å². The number of carbonyl (C=O) groups is 2. The highest BCUT2D eigenvalue weighted by atomic mass is 16.2. The molecule has 0 saturated heterocycles. The first-order valence-corrected chi connectivity index (χ1v) is 5.68. The van der Waals surface area contributed by atoms with Gasteiger partial charge in [0.05, 0.1) is 0 Å². The Morgan fingerprint density at radius 2 is 1.83 bits per heavy atom. The molecule has 96 valence electrons. The van der Waals surface area contributed by atoms with E-state index in [9.17, 15) is 9.59 Å². The highest BCUT2D eigenvalue weighted by molar-refractivity contribution is 6.00. The number of nitrogens with one attached hydrogen (secondary N) is 1. The van der Waals surface area contributed by atoms with Gasteiger partial charge in [0.15, 0.2) is 0 Å². The Bertz CT molecular complexity index is 490. The number of rotatable bonds is 3. The molecule has 0 radical (unpaired) electrons. The molecule has 0 atom stereocenters. The SMILES string of the molecule is CC(=O)N/C(=C/c1ccccc1C)C(=O)N(C)C. The first-order chi connectivity index (χ1) is 8.41. The molecule has 1 N–H and O–H groups in total. The van der Waals surface area contributed by atoms with Gasteiger partial charge in [-0.2, -0.15) is 0 Å². The molecule has 0 saturated carbocycles. The van der Waals surface area contributed by atoms with Gasteiger partial charge in [-0.15, -0.1) is 0 Å². The van der Waals surface area contributed by atoms with Gasteiger partial charge in [-0.3, -0.25) is 9.59 Å². The molecule has 4 nitrogen and oxygen atoms in total. The van der Waals surface area contributed by atoms with Crippen molar-refractivity contribution < 1.29 is 9.59 Å². The normalized spacial score (nSPS) is 11.0. The van der Waals surface area contributed by atoms with Crippen LogP contribution in [0.2, 0.25) is 0 Å². The molecule has 0 aromatic heterocycles. The van der Waals surface area contributed by atoms with Crippen LogP contribution in [0.25, 0.3) is 6.08 Å². The number of hydrogen-bond acceptors (Lipinski definition) is 2. The zero-order valence-corrected chi connectivity index (χ0v) is 11.2. The summed E-state index contributed by atoms with van der Waals surface area (Å²) in [7, 11) is 3.30. The third-order valence-electron chi connectivity index (χ3n) is 2.44. The predicted octanol–water partition coefficient (Wildman–Crippen LogP) is 1.56. The molecule has 0 fully saturated rings. The molecular formula is C14H18N2O2. The Labute approximate surface area is 107 Å².